The van der Waals surface area contributed by atoms with Crippen molar-refractivity contribution in [1.29, 1.82) is 0 Å². The summed E-state index contributed by atoms with van der Waals surface area (Å²) in [5, 5.41) is 5.51. The summed E-state index contributed by atoms with van der Waals surface area (Å²) in [6.45, 7) is 9.11. The summed E-state index contributed by atoms with van der Waals surface area (Å²) in [6.07, 6.45) is 0. The highest BCUT2D eigenvalue weighted by atomic mass is 19.1. The minimum atomic E-state index is -1.33. The Morgan fingerprint density at radius 2 is 1.62 bits per heavy atom. The van der Waals surface area contributed by atoms with Crippen molar-refractivity contribution in [2.45, 2.75) is 40.5 Å². The minimum Gasteiger partial charge on any atom is -0.325 e. The molecular formula is C21H25FN2O2. The van der Waals surface area contributed by atoms with Crippen LogP contribution in [0, 0.1) is 18.2 Å². The summed E-state index contributed by atoms with van der Waals surface area (Å²) in [4.78, 5) is 25.4. The van der Waals surface area contributed by atoms with Crippen molar-refractivity contribution in [1.82, 2.24) is 0 Å². The zero-order valence-electron chi connectivity index (χ0n) is 15.8. The Balaban J connectivity index is 2.21. The first kappa shape index (κ1) is 19.6. The number of hydrogen-bond acceptors (Lipinski definition) is 2. The third-order valence-electron chi connectivity index (χ3n) is 4.38. The molecule has 0 aliphatic heterocycles. The third kappa shape index (κ3) is 4.28. The fourth-order valence-corrected chi connectivity index (χ4v) is 2.57. The van der Waals surface area contributed by atoms with Gasteiger partial charge in [-0.25, -0.2) is 4.39 Å². The van der Waals surface area contributed by atoms with Crippen LogP contribution >= 0.6 is 0 Å². The first-order valence-electron chi connectivity index (χ1n) is 8.61. The van der Waals surface area contributed by atoms with E-state index < -0.39 is 23.0 Å². The van der Waals surface area contributed by atoms with Crippen LogP contribution in [0.3, 0.4) is 0 Å². The van der Waals surface area contributed by atoms with Gasteiger partial charge >= 0.3 is 0 Å². The maximum atomic E-state index is 13.3. The second-order valence-corrected chi connectivity index (χ2v) is 7.24. The van der Waals surface area contributed by atoms with Crippen LogP contribution in [0.4, 0.5) is 15.8 Å². The maximum Gasteiger partial charge on any atom is 0.239 e. The van der Waals surface area contributed by atoms with Crippen molar-refractivity contribution in [2.75, 3.05) is 10.6 Å². The summed E-state index contributed by atoms with van der Waals surface area (Å²) >= 11 is 0. The van der Waals surface area contributed by atoms with Crippen molar-refractivity contribution in [3.8, 4) is 0 Å². The van der Waals surface area contributed by atoms with Gasteiger partial charge in [0.1, 0.15) is 11.2 Å². The highest BCUT2D eigenvalue weighted by molar-refractivity contribution is 6.14. The quantitative estimate of drug-likeness (QED) is 0.752. The van der Waals surface area contributed by atoms with Crippen molar-refractivity contribution in [3.63, 3.8) is 0 Å². The molecule has 2 N–H and O–H groups in total. The number of benzene rings is 2. The van der Waals surface area contributed by atoms with Gasteiger partial charge in [-0.2, -0.15) is 0 Å². The standard InChI is InChI=1S/C21H25FN2O2/c1-13(2)17-11-6-8-14(3)18(17)24-20(26)21(4,5)19(25)23-16-10-7-9-15(22)12-16/h6-13H,1-5H3,(H,23,25)(H,24,26). The minimum absolute atomic E-state index is 0.231. The number of aryl methyl sites for hydroxylation is 1. The molecule has 0 radical (unpaired) electrons. The number of anilines is 2. The molecule has 0 bridgehead atoms. The summed E-state index contributed by atoms with van der Waals surface area (Å²) in [7, 11) is 0. The first-order valence-corrected chi connectivity index (χ1v) is 8.61. The van der Waals surface area contributed by atoms with Gasteiger partial charge in [0.25, 0.3) is 0 Å². The van der Waals surface area contributed by atoms with E-state index in [2.05, 4.69) is 10.6 Å². The van der Waals surface area contributed by atoms with Crippen molar-refractivity contribution in [2.24, 2.45) is 5.41 Å². The van der Waals surface area contributed by atoms with Crippen LogP contribution in [-0.4, -0.2) is 11.8 Å². The molecule has 0 aromatic heterocycles. The maximum absolute atomic E-state index is 13.3. The van der Waals surface area contributed by atoms with Gasteiger partial charge in [0.2, 0.25) is 11.8 Å². The second kappa shape index (κ2) is 7.68. The number of amides is 2. The average molecular weight is 356 g/mol. The van der Waals surface area contributed by atoms with Crippen molar-refractivity contribution in [3.05, 3.63) is 59.4 Å². The topological polar surface area (TPSA) is 58.2 Å². The molecule has 0 aliphatic rings. The lowest BCUT2D eigenvalue weighted by Crippen LogP contribution is -2.42. The summed E-state index contributed by atoms with van der Waals surface area (Å²) in [5.74, 6) is -1.14. The summed E-state index contributed by atoms with van der Waals surface area (Å²) < 4.78 is 13.3. The fraction of sp³-hybridized carbons (Fsp3) is 0.333. The van der Waals surface area contributed by atoms with Gasteiger partial charge in [-0.15, -0.1) is 0 Å². The molecule has 0 fully saturated rings. The molecule has 2 aromatic rings. The molecule has 0 aliphatic carbocycles. The van der Waals surface area contributed by atoms with Crippen LogP contribution in [0.15, 0.2) is 42.5 Å². The molecule has 0 unspecified atom stereocenters. The highest BCUT2D eigenvalue weighted by Gasteiger charge is 2.36. The predicted octanol–water partition coefficient (Wildman–Crippen LogP) is 4.86. The number of nitrogens with one attached hydrogen (secondary N) is 2. The van der Waals surface area contributed by atoms with Crippen LogP contribution < -0.4 is 10.6 Å². The van der Waals surface area contributed by atoms with Gasteiger partial charge in [0.15, 0.2) is 0 Å². The highest BCUT2D eigenvalue weighted by Crippen LogP contribution is 2.29. The number of halogens is 1. The van der Waals surface area contributed by atoms with Gasteiger partial charge in [-0.3, -0.25) is 9.59 Å². The first-order chi connectivity index (χ1) is 12.1. The van der Waals surface area contributed by atoms with E-state index in [9.17, 15) is 14.0 Å². The van der Waals surface area contributed by atoms with Gasteiger partial charge in [0, 0.05) is 11.4 Å². The molecule has 2 rings (SSSR count). The summed E-state index contributed by atoms with van der Waals surface area (Å²) in [6, 6.07) is 11.4. The summed E-state index contributed by atoms with van der Waals surface area (Å²) in [5.41, 5.74) is 1.67. The molecule has 0 heterocycles. The predicted molar refractivity (Wildman–Crippen MR) is 103 cm³/mol. The van der Waals surface area contributed by atoms with E-state index in [0.717, 1.165) is 16.8 Å². The van der Waals surface area contributed by atoms with Gasteiger partial charge in [-0.05, 0) is 56.0 Å². The van der Waals surface area contributed by atoms with Crippen molar-refractivity contribution < 1.29 is 14.0 Å². The normalized spacial score (nSPS) is 11.3. The number of para-hydroxylation sites is 1. The number of carbonyl (C=O) groups is 2. The number of hydrogen-bond donors (Lipinski definition) is 2. The molecule has 5 heteroatoms. The van der Waals surface area contributed by atoms with E-state index in [1.54, 1.807) is 19.9 Å². The smallest absolute Gasteiger partial charge is 0.239 e. The molecule has 4 nitrogen and oxygen atoms in total. The lowest BCUT2D eigenvalue weighted by atomic mass is 9.90. The molecule has 0 saturated heterocycles. The zero-order chi connectivity index (χ0) is 19.5. The molecular weight excluding hydrogens is 331 g/mol. The molecule has 0 spiro atoms. The van der Waals surface area contributed by atoms with Crippen LogP contribution in [0.5, 0.6) is 0 Å². The largest absolute Gasteiger partial charge is 0.325 e. The molecule has 26 heavy (non-hydrogen) atoms. The van der Waals surface area contributed by atoms with Gasteiger partial charge in [0.05, 0.1) is 0 Å². The lowest BCUT2D eigenvalue weighted by molar-refractivity contribution is -0.135. The lowest BCUT2D eigenvalue weighted by Gasteiger charge is -2.25. The molecule has 138 valence electrons. The number of rotatable bonds is 5. The van der Waals surface area contributed by atoms with Crippen molar-refractivity contribution >= 4 is 23.2 Å². The van der Waals surface area contributed by atoms with E-state index in [1.165, 1.54) is 18.2 Å². The Kier molecular flexibility index (Phi) is 5.80. The van der Waals surface area contributed by atoms with E-state index in [1.807, 2.05) is 39.0 Å². The van der Waals surface area contributed by atoms with E-state index >= 15 is 0 Å². The average Bonchev–Trinajstić information content (AvgIpc) is 2.56. The van der Waals surface area contributed by atoms with E-state index in [0.29, 0.717) is 5.69 Å². The zero-order valence-corrected chi connectivity index (χ0v) is 15.8. The molecule has 2 amide bonds. The third-order valence-corrected chi connectivity index (χ3v) is 4.38. The Morgan fingerprint density at radius 1 is 1.00 bits per heavy atom. The van der Waals surface area contributed by atoms with Crippen LogP contribution in [-0.2, 0) is 9.59 Å². The van der Waals surface area contributed by atoms with E-state index in [4.69, 9.17) is 0 Å². The van der Waals surface area contributed by atoms with Gasteiger partial charge < -0.3 is 10.6 Å². The van der Waals surface area contributed by atoms with E-state index in [-0.39, 0.29) is 5.92 Å². The number of carbonyl (C=O) groups excluding carboxylic acids is 2. The van der Waals surface area contributed by atoms with Gasteiger partial charge in [-0.1, -0.05) is 38.1 Å². The molecule has 0 saturated carbocycles. The Bertz CT molecular complexity index is 829. The molecule has 0 atom stereocenters. The monoisotopic (exact) mass is 356 g/mol. The Labute approximate surface area is 153 Å². The van der Waals surface area contributed by atoms with Crippen LogP contribution in [0.2, 0.25) is 0 Å². The Morgan fingerprint density at radius 3 is 2.23 bits per heavy atom. The molecule has 2 aromatic carbocycles. The second-order valence-electron chi connectivity index (χ2n) is 7.24. The van der Waals surface area contributed by atoms with Crippen LogP contribution in [0.1, 0.15) is 44.7 Å². The van der Waals surface area contributed by atoms with Crippen LogP contribution in [0.25, 0.3) is 0 Å². The fourth-order valence-electron chi connectivity index (χ4n) is 2.57. The SMILES string of the molecule is Cc1cccc(C(C)C)c1NC(=O)C(C)(C)C(=O)Nc1cccc(F)c1. The Hall–Kier alpha value is -2.69.